The summed E-state index contributed by atoms with van der Waals surface area (Å²) in [6.07, 6.45) is 0. The van der Waals surface area contributed by atoms with Gasteiger partial charge >= 0.3 is 0 Å². The molecular formula is C15H23FN2O3. The summed E-state index contributed by atoms with van der Waals surface area (Å²) in [6, 6.07) is 4.54. The van der Waals surface area contributed by atoms with Crippen LogP contribution in [0.25, 0.3) is 0 Å². The summed E-state index contributed by atoms with van der Waals surface area (Å²) in [6.45, 7) is 5.27. The Balaban J connectivity index is 2.55. The maximum absolute atomic E-state index is 13.3. The van der Waals surface area contributed by atoms with Crippen LogP contribution in [0.1, 0.15) is 19.4 Å². The van der Waals surface area contributed by atoms with Crippen LogP contribution in [0.5, 0.6) is 5.75 Å². The van der Waals surface area contributed by atoms with Gasteiger partial charge in [-0.05, 0) is 18.2 Å². The van der Waals surface area contributed by atoms with Crippen LogP contribution in [0, 0.1) is 5.82 Å². The zero-order chi connectivity index (χ0) is 15.7. The molecule has 0 aliphatic carbocycles. The third-order valence-corrected chi connectivity index (χ3v) is 2.71. The molecule has 21 heavy (non-hydrogen) atoms. The predicted octanol–water partition coefficient (Wildman–Crippen LogP) is 1.47. The zero-order valence-corrected chi connectivity index (χ0v) is 12.7. The van der Waals surface area contributed by atoms with Gasteiger partial charge in [0.05, 0.1) is 6.61 Å². The van der Waals surface area contributed by atoms with Gasteiger partial charge in [-0.1, -0.05) is 13.8 Å². The average Bonchev–Trinajstić information content (AvgIpc) is 2.44. The van der Waals surface area contributed by atoms with E-state index in [4.69, 9.17) is 9.47 Å². The van der Waals surface area contributed by atoms with Crippen molar-refractivity contribution >= 4 is 5.91 Å². The number of carbonyl (C=O) groups is 1. The first-order valence-corrected chi connectivity index (χ1v) is 6.93. The number of amides is 1. The van der Waals surface area contributed by atoms with E-state index in [0.29, 0.717) is 31.0 Å². The Labute approximate surface area is 124 Å². The summed E-state index contributed by atoms with van der Waals surface area (Å²) >= 11 is 0. The van der Waals surface area contributed by atoms with Gasteiger partial charge in [0.2, 0.25) is 0 Å². The quantitative estimate of drug-likeness (QED) is 0.678. The molecule has 5 nitrogen and oxygen atoms in total. The van der Waals surface area contributed by atoms with Crippen molar-refractivity contribution < 1.29 is 18.7 Å². The number of rotatable bonds is 9. The Morgan fingerprint density at radius 1 is 1.38 bits per heavy atom. The lowest BCUT2D eigenvalue weighted by Crippen LogP contribution is -2.31. The van der Waals surface area contributed by atoms with Gasteiger partial charge in [-0.2, -0.15) is 0 Å². The molecule has 2 N–H and O–H groups in total. The van der Waals surface area contributed by atoms with Crippen molar-refractivity contribution in [2.45, 2.75) is 26.4 Å². The van der Waals surface area contributed by atoms with E-state index in [1.54, 1.807) is 7.11 Å². The highest BCUT2D eigenvalue weighted by atomic mass is 19.1. The van der Waals surface area contributed by atoms with E-state index in [1.807, 2.05) is 13.8 Å². The number of ether oxygens (including phenoxy) is 2. The van der Waals surface area contributed by atoms with Crippen molar-refractivity contribution in [3.8, 4) is 5.75 Å². The Kier molecular flexibility index (Phi) is 7.71. The van der Waals surface area contributed by atoms with Gasteiger partial charge in [-0.3, -0.25) is 4.79 Å². The van der Waals surface area contributed by atoms with Crippen molar-refractivity contribution in [3.63, 3.8) is 0 Å². The molecule has 1 aromatic carbocycles. The van der Waals surface area contributed by atoms with Crippen LogP contribution in [0.4, 0.5) is 4.39 Å². The summed E-state index contributed by atoms with van der Waals surface area (Å²) < 4.78 is 23.6. The molecule has 1 amide bonds. The number of hydrogen-bond acceptors (Lipinski definition) is 4. The lowest BCUT2D eigenvalue weighted by Gasteiger charge is -2.14. The van der Waals surface area contributed by atoms with Crippen LogP contribution in [0.3, 0.4) is 0 Å². The first-order chi connectivity index (χ1) is 10.0. The maximum Gasteiger partial charge on any atom is 0.258 e. The Hall–Kier alpha value is -1.66. The molecule has 0 atom stereocenters. The molecule has 0 aliphatic heterocycles. The molecule has 0 fully saturated rings. The smallest absolute Gasteiger partial charge is 0.258 e. The molecular weight excluding hydrogens is 275 g/mol. The lowest BCUT2D eigenvalue weighted by molar-refractivity contribution is -0.123. The highest BCUT2D eigenvalue weighted by Crippen LogP contribution is 2.19. The van der Waals surface area contributed by atoms with Gasteiger partial charge in [0, 0.05) is 31.8 Å². The second-order valence-corrected chi connectivity index (χ2v) is 4.92. The number of nitrogens with one attached hydrogen (secondary N) is 2. The first kappa shape index (κ1) is 17.4. The van der Waals surface area contributed by atoms with E-state index < -0.39 is 0 Å². The molecule has 1 aromatic rings. The standard InChI is InChI=1S/C15H23FN2O3/c1-11(2)18-9-12-8-13(16)4-5-14(12)21-10-15(19)17-6-7-20-3/h4-5,8,11,18H,6-7,9-10H2,1-3H3,(H,17,19). The van der Waals surface area contributed by atoms with E-state index in [1.165, 1.54) is 18.2 Å². The van der Waals surface area contributed by atoms with Crippen molar-refractivity contribution in [3.05, 3.63) is 29.6 Å². The predicted molar refractivity (Wildman–Crippen MR) is 78.8 cm³/mol. The molecule has 0 radical (unpaired) electrons. The van der Waals surface area contributed by atoms with Gasteiger partial charge in [-0.25, -0.2) is 4.39 Å². The normalized spacial score (nSPS) is 10.7. The number of carbonyl (C=O) groups excluding carboxylic acids is 1. The first-order valence-electron chi connectivity index (χ1n) is 6.93. The van der Waals surface area contributed by atoms with Crippen LogP contribution < -0.4 is 15.4 Å². The maximum atomic E-state index is 13.3. The van der Waals surface area contributed by atoms with Crippen molar-refractivity contribution in [1.29, 1.82) is 0 Å². The number of hydrogen-bond donors (Lipinski definition) is 2. The molecule has 1 rings (SSSR count). The minimum atomic E-state index is -0.326. The molecule has 118 valence electrons. The minimum absolute atomic E-state index is 0.107. The van der Waals surface area contributed by atoms with Gasteiger partial charge in [-0.15, -0.1) is 0 Å². The van der Waals surface area contributed by atoms with Gasteiger partial charge < -0.3 is 20.1 Å². The van der Waals surface area contributed by atoms with Gasteiger partial charge in [0.15, 0.2) is 6.61 Å². The second kappa shape index (κ2) is 9.31. The molecule has 0 unspecified atom stereocenters. The van der Waals surface area contributed by atoms with E-state index in [9.17, 15) is 9.18 Å². The second-order valence-electron chi connectivity index (χ2n) is 4.92. The van der Waals surface area contributed by atoms with E-state index in [-0.39, 0.29) is 24.4 Å². The molecule has 0 heterocycles. The molecule has 0 saturated carbocycles. The SMILES string of the molecule is COCCNC(=O)COc1ccc(F)cc1CNC(C)C. The molecule has 0 spiro atoms. The van der Waals surface area contributed by atoms with Crippen molar-refractivity contribution in [2.75, 3.05) is 26.9 Å². The topological polar surface area (TPSA) is 59.6 Å². The third-order valence-electron chi connectivity index (χ3n) is 2.71. The van der Waals surface area contributed by atoms with E-state index in [2.05, 4.69) is 10.6 Å². The fourth-order valence-electron chi connectivity index (χ4n) is 1.63. The fourth-order valence-corrected chi connectivity index (χ4v) is 1.63. The van der Waals surface area contributed by atoms with Crippen LogP contribution >= 0.6 is 0 Å². The number of benzene rings is 1. The Morgan fingerprint density at radius 3 is 2.81 bits per heavy atom. The minimum Gasteiger partial charge on any atom is -0.483 e. The van der Waals surface area contributed by atoms with Gasteiger partial charge in [0.1, 0.15) is 11.6 Å². The van der Waals surface area contributed by atoms with Crippen LogP contribution in [-0.2, 0) is 16.1 Å². The average molecular weight is 298 g/mol. The Morgan fingerprint density at radius 2 is 2.14 bits per heavy atom. The highest BCUT2D eigenvalue weighted by Gasteiger charge is 2.08. The van der Waals surface area contributed by atoms with Crippen LogP contribution in [0.2, 0.25) is 0 Å². The lowest BCUT2D eigenvalue weighted by atomic mass is 10.2. The summed E-state index contributed by atoms with van der Waals surface area (Å²) in [7, 11) is 1.56. The van der Waals surface area contributed by atoms with E-state index in [0.717, 1.165) is 0 Å². The summed E-state index contributed by atoms with van der Waals surface area (Å²) in [5.74, 6) is -0.0574. The number of methoxy groups -OCH3 is 1. The molecule has 6 heteroatoms. The molecule has 0 aliphatic rings. The summed E-state index contributed by atoms with van der Waals surface area (Å²) in [5.41, 5.74) is 0.688. The highest BCUT2D eigenvalue weighted by molar-refractivity contribution is 5.77. The van der Waals surface area contributed by atoms with E-state index >= 15 is 0 Å². The van der Waals surface area contributed by atoms with Crippen molar-refractivity contribution in [2.24, 2.45) is 0 Å². The third kappa shape index (κ3) is 7.06. The monoisotopic (exact) mass is 298 g/mol. The number of halogens is 1. The van der Waals surface area contributed by atoms with Crippen LogP contribution in [0.15, 0.2) is 18.2 Å². The van der Waals surface area contributed by atoms with Gasteiger partial charge in [0.25, 0.3) is 5.91 Å². The van der Waals surface area contributed by atoms with Crippen molar-refractivity contribution in [1.82, 2.24) is 10.6 Å². The Bertz CT molecular complexity index is 453. The van der Waals surface area contributed by atoms with Crippen LogP contribution in [-0.4, -0.2) is 38.8 Å². The molecule has 0 bridgehead atoms. The summed E-state index contributed by atoms with van der Waals surface area (Å²) in [5, 5.41) is 5.85. The summed E-state index contributed by atoms with van der Waals surface area (Å²) in [4.78, 5) is 11.6. The zero-order valence-electron chi connectivity index (χ0n) is 12.7. The molecule has 0 saturated heterocycles. The molecule has 0 aromatic heterocycles. The fraction of sp³-hybridized carbons (Fsp3) is 0.533. The largest absolute Gasteiger partial charge is 0.483 e.